The fourth-order valence-corrected chi connectivity index (χ4v) is 2.46. The average molecular weight is 451 g/mol. The van der Waals surface area contributed by atoms with Crippen molar-refractivity contribution in [2.45, 2.75) is 0 Å². The Morgan fingerprint density at radius 3 is 1.83 bits per heavy atom. The number of hydrogen-bond donors (Lipinski definition) is 1. The number of anilines is 1. The first-order chi connectivity index (χ1) is 10.8. The summed E-state index contributed by atoms with van der Waals surface area (Å²) in [7, 11) is 1.65. The minimum Gasteiger partial charge on any atom is -0.382 e. The fourth-order valence-electron chi connectivity index (χ4n) is 1.55. The predicted molar refractivity (Wildman–Crippen MR) is 91.1 cm³/mol. The highest BCUT2D eigenvalue weighted by Gasteiger charge is 2.15. The second-order valence-electron chi connectivity index (χ2n) is 3.97. The predicted octanol–water partition coefficient (Wildman–Crippen LogP) is 4.90. The molecule has 0 saturated heterocycles. The van der Waals surface area contributed by atoms with Gasteiger partial charge in [0.15, 0.2) is 0 Å². The molecule has 2 rings (SSSR count). The molecule has 0 spiro atoms. The van der Waals surface area contributed by atoms with Crippen LogP contribution in [0.2, 0.25) is 0 Å². The maximum atomic E-state index is 12.8. The van der Waals surface area contributed by atoms with Gasteiger partial charge in [0.25, 0.3) is 5.69 Å². The minimum absolute atomic E-state index is 0.0758. The number of rotatable bonds is 3. The highest BCUT2D eigenvalue weighted by molar-refractivity contribution is 9.10. The molecular formula is C13H10Br2FN3O4. The van der Waals surface area contributed by atoms with Crippen molar-refractivity contribution in [2.24, 2.45) is 0 Å². The molecule has 0 unspecified atom stereocenters. The highest BCUT2D eigenvalue weighted by atomic mass is 79.9. The summed E-state index contributed by atoms with van der Waals surface area (Å²) in [6.07, 6.45) is 0. The third kappa shape index (κ3) is 4.96. The van der Waals surface area contributed by atoms with Gasteiger partial charge >= 0.3 is 5.69 Å². The van der Waals surface area contributed by atoms with Crippen molar-refractivity contribution in [1.82, 2.24) is 0 Å². The Morgan fingerprint density at radius 2 is 1.43 bits per heavy atom. The first-order valence-corrected chi connectivity index (χ1v) is 7.57. The Hall–Kier alpha value is -2.07. The first kappa shape index (κ1) is 19.0. The molecule has 2 aromatic carbocycles. The lowest BCUT2D eigenvalue weighted by Gasteiger charge is -2.02. The molecule has 2 aromatic rings. The molecule has 0 saturated carbocycles. The van der Waals surface area contributed by atoms with Crippen molar-refractivity contribution in [3.63, 3.8) is 0 Å². The summed E-state index contributed by atoms with van der Waals surface area (Å²) in [5.41, 5.74) is 0.0637. The molecule has 0 aromatic heterocycles. The van der Waals surface area contributed by atoms with Crippen molar-refractivity contribution in [3.05, 3.63) is 71.4 Å². The molecule has 0 aliphatic heterocycles. The number of nitrogens with one attached hydrogen (secondary N) is 1. The normalized spacial score (nSPS) is 9.57. The third-order valence-corrected chi connectivity index (χ3v) is 3.84. The molecular weight excluding hydrogens is 441 g/mol. The van der Waals surface area contributed by atoms with Crippen LogP contribution in [0.25, 0.3) is 0 Å². The lowest BCUT2D eigenvalue weighted by Crippen LogP contribution is -1.96. The largest absolute Gasteiger partial charge is 0.382 e. The maximum absolute atomic E-state index is 12.8. The van der Waals surface area contributed by atoms with E-state index in [1.54, 1.807) is 19.2 Å². The topological polar surface area (TPSA) is 98.3 Å². The molecule has 0 heterocycles. The molecule has 0 bridgehead atoms. The maximum Gasteiger partial charge on any atom is 0.305 e. The van der Waals surface area contributed by atoms with Gasteiger partial charge in [-0.1, -0.05) is 12.1 Å². The van der Waals surface area contributed by atoms with Gasteiger partial charge in [-0.05, 0) is 44.0 Å². The van der Waals surface area contributed by atoms with Gasteiger partial charge in [0.05, 0.1) is 14.3 Å². The zero-order chi connectivity index (χ0) is 17.6. The molecule has 0 radical (unpaired) electrons. The monoisotopic (exact) mass is 449 g/mol. The van der Waals surface area contributed by atoms with Gasteiger partial charge < -0.3 is 5.32 Å². The van der Waals surface area contributed by atoms with Crippen LogP contribution in [0.5, 0.6) is 0 Å². The number of nitrogens with zero attached hydrogens (tertiary/aromatic N) is 2. The minimum atomic E-state index is -0.836. The molecule has 122 valence electrons. The SMILES string of the molecule is CNc1c(Br)cccc1[N+](=O)[O-].O=[N+]([O-])c1cccc(Br)c1F. The van der Waals surface area contributed by atoms with E-state index in [-0.39, 0.29) is 10.2 Å². The second kappa shape index (κ2) is 8.53. The molecule has 0 aliphatic rings. The van der Waals surface area contributed by atoms with Crippen LogP contribution in [0, 0.1) is 26.0 Å². The summed E-state index contributed by atoms with van der Waals surface area (Å²) in [6, 6.07) is 8.76. The zero-order valence-corrected chi connectivity index (χ0v) is 14.8. The molecule has 0 fully saturated rings. The Kier molecular flexibility index (Phi) is 7.04. The van der Waals surface area contributed by atoms with E-state index in [1.807, 2.05) is 0 Å². The van der Waals surface area contributed by atoms with Crippen molar-refractivity contribution in [3.8, 4) is 0 Å². The van der Waals surface area contributed by atoms with Gasteiger partial charge in [-0.2, -0.15) is 4.39 Å². The average Bonchev–Trinajstić information content (AvgIpc) is 2.50. The summed E-state index contributed by atoms with van der Waals surface area (Å²) in [5.74, 6) is -0.836. The summed E-state index contributed by atoms with van der Waals surface area (Å²) < 4.78 is 13.6. The quantitative estimate of drug-likeness (QED) is 0.529. The Balaban J connectivity index is 0.000000231. The van der Waals surface area contributed by atoms with Crippen LogP contribution < -0.4 is 5.32 Å². The van der Waals surface area contributed by atoms with E-state index in [1.165, 1.54) is 18.2 Å². The molecule has 10 heteroatoms. The van der Waals surface area contributed by atoms with Gasteiger partial charge in [0, 0.05) is 23.7 Å². The van der Waals surface area contributed by atoms with E-state index >= 15 is 0 Å². The highest BCUT2D eigenvalue weighted by Crippen LogP contribution is 2.31. The van der Waals surface area contributed by atoms with Crippen LogP contribution in [0.3, 0.4) is 0 Å². The van der Waals surface area contributed by atoms with Gasteiger partial charge in [-0.3, -0.25) is 20.2 Å². The number of para-hydroxylation sites is 1. The van der Waals surface area contributed by atoms with Crippen molar-refractivity contribution >= 4 is 48.9 Å². The molecule has 0 atom stereocenters. The summed E-state index contributed by atoms with van der Waals surface area (Å²) in [4.78, 5) is 19.4. The van der Waals surface area contributed by atoms with Crippen LogP contribution >= 0.6 is 31.9 Å². The van der Waals surface area contributed by atoms with Crippen LogP contribution in [-0.2, 0) is 0 Å². The van der Waals surface area contributed by atoms with Crippen LogP contribution in [0.1, 0.15) is 0 Å². The fraction of sp³-hybridized carbons (Fsp3) is 0.0769. The summed E-state index contributed by atoms with van der Waals surface area (Å²) >= 11 is 6.04. The Morgan fingerprint density at radius 1 is 0.957 bits per heavy atom. The van der Waals surface area contributed by atoms with E-state index in [4.69, 9.17) is 0 Å². The Labute approximate surface area is 147 Å². The van der Waals surface area contributed by atoms with Crippen LogP contribution in [0.4, 0.5) is 21.5 Å². The van der Waals surface area contributed by atoms with E-state index in [9.17, 15) is 24.6 Å². The number of nitro benzene ring substituents is 2. The summed E-state index contributed by atoms with van der Waals surface area (Å²) in [6.45, 7) is 0. The van der Waals surface area contributed by atoms with Crippen LogP contribution in [0.15, 0.2) is 45.3 Å². The molecule has 0 amide bonds. The van der Waals surface area contributed by atoms with Crippen molar-refractivity contribution < 1.29 is 14.2 Å². The lowest BCUT2D eigenvalue weighted by molar-refractivity contribution is -0.387. The lowest BCUT2D eigenvalue weighted by atomic mass is 10.3. The van der Waals surface area contributed by atoms with E-state index in [2.05, 4.69) is 37.2 Å². The number of halogens is 3. The molecule has 23 heavy (non-hydrogen) atoms. The Bertz CT molecular complexity index is 743. The first-order valence-electron chi connectivity index (χ1n) is 5.98. The van der Waals surface area contributed by atoms with Gasteiger partial charge in [0.1, 0.15) is 5.69 Å². The van der Waals surface area contributed by atoms with Gasteiger partial charge in [-0.15, -0.1) is 0 Å². The van der Waals surface area contributed by atoms with Gasteiger partial charge in [-0.25, -0.2) is 0 Å². The number of benzene rings is 2. The number of nitro groups is 2. The second-order valence-corrected chi connectivity index (χ2v) is 5.68. The van der Waals surface area contributed by atoms with Crippen molar-refractivity contribution in [2.75, 3.05) is 12.4 Å². The molecule has 0 aliphatic carbocycles. The van der Waals surface area contributed by atoms with E-state index in [0.29, 0.717) is 10.2 Å². The van der Waals surface area contributed by atoms with E-state index in [0.717, 1.165) is 6.07 Å². The van der Waals surface area contributed by atoms with Crippen molar-refractivity contribution in [1.29, 1.82) is 0 Å². The third-order valence-electron chi connectivity index (χ3n) is 2.57. The standard InChI is InChI=1S/C7H7BrN2O2.C6H3BrFNO2/c1-9-7-5(8)3-2-4-6(7)10(11)12;7-4-2-1-3-5(6(4)8)9(10)11/h2-4,9H,1H3;1-3H. The summed E-state index contributed by atoms with van der Waals surface area (Å²) in [5, 5.41) is 23.4. The molecule has 1 N–H and O–H groups in total. The van der Waals surface area contributed by atoms with E-state index < -0.39 is 21.4 Å². The smallest absolute Gasteiger partial charge is 0.305 e. The molecule has 7 nitrogen and oxygen atoms in total. The number of hydrogen-bond acceptors (Lipinski definition) is 5. The van der Waals surface area contributed by atoms with Gasteiger partial charge in [0.2, 0.25) is 5.82 Å². The van der Waals surface area contributed by atoms with Crippen LogP contribution in [-0.4, -0.2) is 16.9 Å². The zero-order valence-electron chi connectivity index (χ0n) is 11.6.